The molecule has 1 atom stereocenters. The monoisotopic (exact) mass is 296 g/mol. The Labute approximate surface area is 123 Å². The molecule has 1 amide bonds. The molecule has 2 aliphatic heterocycles. The molecule has 2 saturated heterocycles. The van der Waals surface area contributed by atoms with E-state index in [0.717, 1.165) is 37.7 Å². The van der Waals surface area contributed by atoms with Gasteiger partial charge in [-0.05, 0) is 11.4 Å². The summed E-state index contributed by atoms with van der Waals surface area (Å²) < 4.78 is 11.2. The number of carbonyl (C=O) groups is 1. The van der Waals surface area contributed by atoms with Crippen LogP contribution in [0.5, 0.6) is 0 Å². The SMILES string of the molecule is O=C(c1cccs1)N1CCOC(CN2CCOCC2)C1. The third kappa shape index (κ3) is 3.38. The zero-order valence-corrected chi connectivity index (χ0v) is 12.3. The quantitative estimate of drug-likeness (QED) is 0.832. The van der Waals surface area contributed by atoms with Crippen molar-refractivity contribution in [2.45, 2.75) is 6.10 Å². The average molecular weight is 296 g/mol. The van der Waals surface area contributed by atoms with Gasteiger partial charge < -0.3 is 14.4 Å². The van der Waals surface area contributed by atoms with E-state index in [9.17, 15) is 4.79 Å². The highest BCUT2D eigenvalue weighted by molar-refractivity contribution is 7.12. The molecule has 2 aliphatic rings. The van der Waals surface area contributed by atoms with Gasteiger partial charge in [0.25, 0.3) is 5.91 Å². The van der Waals surface area contributed by atoms with E-state index in [1.54, 1.807) is 0 Å². The maximum atomic E-state index is 12.3. The first kappa shape index (κ1) is 14.0. The minimum Gasteiger partial charge on any atom is -0.379 e. The second-order valence-corrected chi connectivity index (χ2v) is 6.08. The minimum absolute atomic E-state index is 0.116. The standard InChI is InChI=1S/C14H20N2O3S/c17-14(13-2-1-9-20-13)16-5-8-19-12(11-16)10-15-3-6-18-7-4-15/h1-2,9,12H,3-8,10-11H2. The first-order chi connectivity index (χ1) is 9.83. The van der Waals surface area contributed by atoms with Crippen molar-refractivity contribution in [1.29, 1.82) is 0 Å². The van der Waals surface area contributed by atoms with E-state index in [1.165, 1.54) is 11.3 Å². The molecule has 0 saturated carbocycles. The van der Waals surface area contributed by atoms with E-state index in [1.807, 2.05) is 22.4 Å². The average Bonchev–Trinajstić information content (AvgIpc) is 3.02. The molecule has 6 heteroatoms. The van der Waals surface area contributed by atoms with Crippen molar-refractivity contribution in [3.05, 3.63) is 22.4 Å². The largest absolute Gasteiger partial charge is 0.379 e. The van der Waals surface area contributed by atoms with E-state index in [2.05, 4.69) is 4.90 Å². The Morgan fingerprint density at radius 2 is 2.15 bits per heavy atom. The first-order valence-corrected chi connectivity index (χ1v) is 7.95. The van der Waals surface area contributed by atoms with Crippen LogP contribution in [0.2, 0.25) is 0 Å². The van der Waals surface area contributed by atoms with Crippen LogP contribution < -0.4 is 0 Å². The molecular formula is C14H20N2O3S. The van der Waals surface area contributed by atoms with Gasteiger partial charge in [0.15, 0.2) is 0 Å². The number of nitrogens with zero attached hydrogens (tertiary/aromatic N) is 2. The summed E-state index contributed by atoms with van der Waals surface area (Å²) in [6.07, 6.45) is 0.116. The van der Waals surface area contributed by atoms with Gasteiger partial charge in [0, 0.05) is 32.7 Å². The van der Waals surface area contributed by atoms with Gasteiger partial charge in [-0.3, -0.25) is 9.69 Å². The normalized spacial score (nSPS) is 24.8. The molecular weight excluding hydrogens is 276 g/mol. The van der Waals surface area contributed by atoms with Crippen LogP contribution in [0.15, 0.2) is 17.5 Å². The van der Waals surface area contributed by atoms with Gasteiger partial charge in [0.2, 0.25) is 0 Å². The highest BCUT2D eigenvalue weighted by Crippen LogP contribution is 2.15. The molecule has 1 unspecified atom stereocenters. The Hall–Kier alpha value is -0.950. The van der Waals surface area contributed by atoms with Crippen LogP contribution in [0.1, 0.15) is 9.67 Å². The molecule has 20 heavy (non-hydrogen) atoms. The van der Waals surface area contributed by atoms with E-state index in [0.29, 0.717) is 19.7 Å². The summed E-state index contributed by atoms with van der Waals surface area (Å²) in [6.45, 7) is 6.40. The predicted molar refractivity (Wildman–Crippen MR) is 77.2 cm³/mol. The summed E-state index contributed by atoms with van der Waals surface area (Å²) in [6, 6.07) is 3.81. The number of morpholine rings is 2. The summed E-state index contributed by atoms with van der Waals surface area (Å²) in [5.41, 5.74) is 0. The summed E-state index contributed by atoms with van der Waals surface area (Å²) in [4.78, 5) is 17.4. The Morgan fingerprint density at radius 3 is 2.90 bits per heavy atom. The number of amides is 1. The Balaban J connectivity index is 1.54. The van der Waals surface area contributed by atoms with Crippen molar-refractivity contribution in [3.8, 4) is 0 Å². The lowest BCUT2D eigenvalue weighted by Gasteiger charge is -2.36. The molecule has 0 radical (unpaired) electrons. The lowest BCUT2D eigenvalue weighted by atomic mass is 10.2. The zero-order valence-electron chi connectivity index (χ0n) is 11.5. The second kappa shape index (κ2) is 6.67. The van der Waals surface area contributed by atoms with Crippen molar-refractivity contribution < 1.29 is 14.3 Å². The third-order valence-electron chi connectivity index (χ3n) is 3.72. The first-order valence-electron chi connectivity index (χ1n) is 7.07. The molecule has 1 aromatic heterocycles. The van der Waals surface area contributed by atoms with Gasteiger partial charge in [0.05, 0.1) is 30.8 Å². The predicted octanol–water partition coefficient (Wildman–Crippen LogP) is 0.921. The van der Waals surface area contributed by atoms with Gasteiger partial charge in [-0.15, -0.1) is 11.3 Å². The van der Waals surface area contributed by atoms with Crippen molar-refractivity contribution in [2.24, 2.45) is 0 Å². The topological polar surface area (TPSA) is 42.0 Å². The fourth-order valence-corrected chi connectivity index (χ4v) is 3.33. The van der Waals surface area contributed by atoms with Gasteiger partial charge in [-0.2, -0.15) is 0 Å². The van der Waals surface area contributed by atoms with Gasteiger partial charge in [0.1, 0.15) is 0 Å². The number of ether oxygens (including phenoxy) is 2. The Kier molecular flexibility index (Phi) is 4.67. The third-order valence-corrected chi connectivity index (χ3v) is 4.58. The van der Waals surface area contributed by atoms with Gasteiger partial charge in [-0.25, -0.2) is 0 Å². The molecule has 5 nitrogen and oxygen atoms in total. The summed E-state index contributed by atoms with van der Waals surface area (Å²) in [7, 11) is 0. The summed E-state index contributed by atoms with van der Waals surface area (Å²) in [5, 5.41) is 1.94. The van der Waals surface area contributed by atoms with Crippen molar-refractivity contribution in [2.75, 3.05) is 52.5 Å². The van der Waals surface area contributed by atoms with E-state index < -0.39 is 0 Å². The molecule has 0 bridgehead atoms. The zero-order chi connectivity index (χ0) is 13.8. The van der Waals surface area contributed by atoms with E-state index >= 15 is 0 Å². The fraction of sp³-hybridized carbons (Fsp3) is 0.643. The molecule has 0 aliphatic carbocycles. The molecule has 0 N–H and O–H groups in total. The molecule has 1 aromatic rings. The maximum Gasteiger partial charge on any atom is 0.264 e. The van der Waals surface area contributed by atoms with Crippen LogP contribution in [0, 0.1) is 0 Å². The maximum absolute atomic E-state index is 12.3. The number of carbonyl (C=O) groups excluding carboxylic acids is 1. The van der Waals surface area contributed by atoms with Crippen LogP contribution in [0.25, 0.3) is 0 Å². The summed E-state index contributed by atoms with van der Waals surface area (Å²) in [5.74, 6) is 0.135. The van der Waals surface area contributed by atoms with Crippen LogP contribution in [-0.4, -0.2) is 74.4 Å². The van der Waals surface area contributed by atoms with Crippen molar-refractivity contribution >= 4 is 17.2 Å². The lowest BCUT2D eigenvalue weighted by molar-refractivity contribution is -0.0502. The Bertz CT molecular complexity index is 432. The number of rotatable bonds is 3. The fourth-order valence-electron chi connectivity index (χ4n) is 2.64. The lowest BCUT2D eigenvalue weighted by Crippen LogP contribution is -2.51. The van der Waals surface area contributed by atoms with E-state index in [-0.39, 0.29) is 12.0 Å². The van der Waals surface area contributed by atoms with Gasteiger partial charge in [-0.1, -0.05) is 6.07 Å². The molecule has 0 spiro atoms. The van der Waals surface area contributed by atoms with Crippen LogP contribution in [-0.2, 0) is 9.47 Å². The number of hydrogen-bond donors (Lipinski definition) is 0. The minimum atomic E-state index is 0.116. The number of thiophene rings is 1. The summed E-state index contributed by atoms with van der Waals surface area (Å²) >= 11 is 1.50. The molecule has 110 valence electrons. The Morgan fingerprint density at radius 1 is 1.30 bits per heavy atom. The molecule has 3 rings (SSSR count). The van der Waals surface area contributed by atoms with Crippen LogP contribution in [0.3, 0.4) is 0 Å². The smallest absolute Gasteiger partial charge is 0.264 e. The van der Waals surface area contributed by atoms with E-state index in [4.69, 9.17) is 9.47 Å². The molecule has 0 aromatic carbocycles. The molecule has 3 heterocycles. The molecule has 2 fully saturated rings. The highest BCUT2D eigenvalue weighted by Gasteiger charge is 2.27. The van der Waals surface area contributed by atoms with Crippen molar-refractivity contribution in [1.82, 2.24) is 9.80 Å². The number of hydrogen-bond acceptors (Lipinski definition) is 5. The second-order valence-electron chi connectivity index (χ2n) is 5.13. The van der Waals surface area contributed by atoms with Gasteiger partial charge >= 0.3 is 0 Å². The highest BCUT2D eigenvalue weighted by atomic mass is 32.1. The van der Waals surface area contributed by atoms with Crippen molar-refractivity contribution in [3.63, 3.8) is 0 Å². The van der Waals surface area contributed by atoms with Crippen LogP contribution >= 0.6 is 11.3 Å². The van der Waals surface area contributed by atoms with Crippen LogP contribution in [0.4, 0.5) is 0 Å².